The van der Waals surface area contributed by atoms with E-state index in [2.05, 4.69) is 0 Å². The first kappa shape index (κ1) is 13.9. The number of carboxylic acid groups (broad SMARTS) is 2. The van der Waals surface area contributed by atoms with Gasteiger partial charge in [0.2, 0.25) is 0 Å². The predicted molar refractivity (Wildman–Crippen MR) is 53.7 cm³/mol. The van der Waals surface area contributed by atoms with Crippen molar-refractivity contribution in [1.82, 2.24) is 0 Å². The zero-order chi connectivity index (χ0) is 11.7. The molecule has 0 aliphatic carbocycles. The summed E-state index contributed by atoms with van der Waals surface area (Å²) in [6, 6.07) is 0. The molecule has 0 fully saturated rings. The number of carbonyl (C=O) groups is 2. The van der Waals surface area contributed by atoms with Crippen LogP contribution in [-0.4, -0.2) is 35.4 Å². The van der Waals surface area contributed by atoms with E-state index in [-0.39, 0.29) is 19.6 Å². The van der Waals surface area contributed by atoms with E-state index < -0.39 is 17.9 Å². The Labute approximate surface area is 89.0 Å². The van der Waals surface area contributed by atoms with Crippen LogP contribution in [0.1, 0.15) is 32.6 Å². The van der Waals surface area contributed by atoms with Crippen molar-refractivity contribution in [2.45, 2.75) is 32.6 Å². The molecule has 0 saturated carbocycles. The van der Waals surface area contributed by atoms with Crippen molar-refractivity contribution in [1.29, 1.82) is 0 Å². The fourth-order valence-electron chi connectivity index (χ4n) is 1.11. The first-order valence-corrected chi connectivity index (χ1v) is 5.10. The van der Waals surface area contributed by atoms with E-state index in [0.29, 0.717) is 6.42 Å². The van der Waals surface area contributed by atoms with E-state index in [0.717, 1.165) is 12.8 Å². The number of ether oxygens (including phenoxy) is 1. The third-order valence-electron chi connectivity index (χ3n) is 2.03. The quantitative estimate of drug-likeness (QED) is 0.571. The second kappa shape index (κ2) is 8.23. The van der Waals surface area contributed by atoms with Crippen LogP contribution in [0.15, 0.2) is 0 Å². The van der Waals surface area contributed by atoms with E-state index in [1.165, 1.54) is 0 Å². The molecule has 2 N–H and O–H groups in total. The van der Waals surface area contributed by atoms with Crippen LogP contribution in [0.2, 0.25) is 0 Å². The van der Waals surface area contributed by atoms with Crippen molar-refractivity contribution in [3.8, 4) is 0 Å². The lowest BCUT2D eigenvalue weighted by Gasteiger charge is -2.11. The zero-order valence-corrected chi connectivity index (χ0v) is 8.94. The number of unbranched alkanes of at least 4 members (excludes halogenated alkanes) is 1. The molecular weight excluding hydrogens is 200 g/mol. The molecule has 0 radical (unpaired) electrons. The molecule has 1 atom stereocenters. The number of hydrogen-bond donors (Lipinski definition) is 2. The third kappa shape index (κ3) is 7.93. The number of rotatable bonds is 9. The highest BCUT2D eigenvalue weighted by molar-refractivity contribution is 5.70. The van der Waals surface area contributed by atoms with Crippen molar-refractivity contribution >= 4 is 11.9 Å². The van der Waals surface area contributed by atoms with Crippen molar-refractivity contribution in [2.75, 3.05) is 13.2 Å². The minimum absolute atomic E-state index is 0.0746. The van der Waals surface area contributed by atoms with Gasteiger partial charge in [-0.2, -0.15) is 0 Å². The Morgan fingerprint density at radius 1 is 1.33 bits per heavy atom. The van der Waals surface area contributed by atoms with Gasteiger partial charge in [0.1, 0.15) is 0 Å². The van der Waals surface area contributed by atoms with Gasteiger partial charge >= 0.3 is 11.9 Å². The molecule has 0 aromatic heterocycles. The Bertz CT molecular complexity index is 202. The van der Waals surface area contributed by atoms with Gasteiger partial charge in [-0.25, -0.2) is 0 Å². The second-order valence-electron chi connectivity index (χ2n) is 3.40. The molecule has 1 unspecified atom stereocenters. The Hall–Kier alpha value is -1.10. The van der Waals surface area contributed by atoms with Crippen molar-refractivity contribution in [2.24, 2.45) is 5.92 Å². The molecule has 0 saturated heterocycles. The van der Waals surface area contributed by atoms with Crippen molar-refractivity contribution in [3.05, 3.63) is 0 Å². The zero-order valence-electron chi connectivity index (χ0n) is 8.94. The summed E-state index contributed by atoms with van der Waals surface area (Å²) in [5.74, 6) is -2.33. The van der Waals surface area contributed by atoms with Gasteiger partial charge in [-0.3, -0.25) is 9.59 Å². The minimum atomic E-state index is -0.935. The molecule has 0 bridgehead atoms. The van der Waals surface area contributed by atoms with E-state index in [1.54, 1.807) is 0 Å². The number of hydrogen-bond acceptors (Lipinski definition) is 3. The van der Waals surface area contributed by atoms with Crippen LogP contribution in [0, 0.1) is 5.92 Å². The van der Waals surface area contributed by atoms with E-state index in [1.807, 2.05) is 6.92 Å². The Kier molecular flexibility index (Phi) is 7.62. The Balaban J connectivity index is 3.66. The SMILES string of the molecule is CCCCC(COCCC(=O)O)C(=O)O. The van der Waals surface area contributed by atoms with Gasteiger partial charge in [-0.1, -0.05) is 19.8 Å². The average Bonchev–Trinajstić information content (AvgIpc) is 2.15. The van der Waals surface area contributed by atoms with E-state index in [9.17, 15) is 9.59 Å². The Morgan fingerprint density at radius 2 is 2.00 bits per heavy atom. The fourth-order valence-corrected chi connectivity index (χ4v) is 1.11. The summed E-state index contributed by atoms with van der Waals surface area (Å²) < 4.78 is 5.00. The summed E-state index contributed by atoms with van der Waals surface area (Å²) >= 11 is 0. The number of aliphatic carboxylic acids is 2. The van der Waals surface area contributed by atoms with Crippen LogP contribution >= 0.6 is 0 Å². The van der Waals surface area contributed by atoms with Gasteiger partial charge in [0, 0.05) is 0 Å². The lowest BCUT2D eigenvalue weighted by atomic mass is 10.0. The van der Waals surface area contributed by atoms with E-state index in [4.69, 9.17) is 14.9 Å². The largest absolute Gasteiger partial charge is 0.481 e. The lowest BCUT2D eigenvalue weighted by molar-refractivity contribution is -0.144. The maximum absolute atomic E-state index is 10.7. The highest BCUT2D eigenvalue weighted by atomic mass is 16.5. The number of carboxylic acids is 2. The highest BCUT2D eigenvalue weighted by Gasteiger charge is 2.16. The van der Waals surface area contributed by atoms with Gasteiger partial charge in [0.15, 0.2) is 0 Å². The molecule has 0 aromatic rings. The second-order valence-corrected chi connectivity index (χ2v) is 3.40. The molecule has 5 nitrogen and oxygen atoms in total. The van der Waals surface area contributed by atoms with Gasteiger partial charge < -0.3 is 14.9 Å². The summed E-state index contributed by atoms with van der Waals surface area (Å²) in [6.45, 7) is 2.16. The van der Waals surface area contributed by atoms with Crippen molar-refractivity contribution in [3.63, 3.8) is 0 Å². The van der Waals surface area contributed by atoms with Crippen LogP contribution in [0.4, 0.5) is 0 Å². The van der Waals surface area contributed by atoms with Gasteiger partial charge in [0.05, 0.1) is 25.6 Å². The molecule has 15 heavy (non-hydrogen) atoms. The first-order chi connectivity index (χ1) is 7.07. The minimum Gasteiger partial charge on any atom is -0.481 e. The molecule has 0 aliphatic rings. The van der Waals surface area contributed by atoms with Gasteiger partial charge in [-0.05, 0) is 6.42 Å². The summed E-state index contributed by atoms with van der Waals surface area (Å²) in [6.07, 6.45) is 2.29. The van der Waals surface area contributed by atoms with Gasteiger partial charge in [-0.15, -0.1) is 0 Å². The molecule has 88 valence electrons. The summed E-state index contributed by atoms with van der Waals surface area (Å²) in [5, 5.41) is 17.1. The van der Waals surface area contributed by atoms with Crippen LogP contribution in [0.3, 0.4) is 0 Å². The normalized spacial score (nSPS) is 12.3. The average molecular weight is 218 g/mol. The fraction of sp³-hybridized carbons (Fsp3) is 0.800. The first-order valence-electron chi connectivity index (χ1n) is 5.10. The lowest BCUT2D eigenvalue weighted by Crippen LogP contribution is -2.20. The molecule has 5 heteroatoms. The van der Waals surface area contributed by atoms with E-state index >= 15 is 0 Å². The van der Waals surface area contributed by atoms with Crippen molar-refractivity contribution < 1.29 is 24.5 Å². The molecule has 0 aromatic carbocycles. The van der Waals surface area contributed by atoms with Crippen LogP contribution in [0.5, 0.6) is 0 Å². The molecule has 0 aliphatic heterocycles. The molecule has 0 amide bonds. The summed E-state index contributed by atoms with van der Waals surface area (Å²) in [5.41, 5.74) is 0. The third-order valence-corrected chi connectivity index (χ3v) is 2.03. The maximum Gasteiger partial charge on any atom is 0.308 e. The highest BCUT2D eigenvalue weighted by Crippen LogP contribution is 2.09. The topological polar surface area (TPSA) is 83.8 Å². The standard InChI is InChI=1S/C10H18O5/c1-2-3-4-8(10(13)14)7-15-6-5-9(11)12/h8H,2-7H2,1H3,(H,11,12)(H,13,14). The molecule has 0 heterocycles. The van der Waals surface area contributed by atoms with Crippen LogP contribution in [-0.2, 0) is 14.3 Å². The molecular formula is C10H18O5. The smallest absolute Gasteiger partial charge is 0.308 e. The van der Waals surface area contributed by atoms with Crippen LogP contribution < -0.4 is 0 Å². The molecule has 0 spiro atoms. The van der Waals surface area contributed by atoms with Gasteiger partial charge in [0.25, 0.3) is 0 Å². The predicted octanol–water partition coefficient (Wildman–Crippen LogP) is 1.37. The maximum atomic E-state index is 10.7. The summed E-state index contributed by atoms with van der Waals surface area (Å²) in [4.78, 5) is 20.9. The Morgan fingerprint density at radius 3 is 2.47 bits per heavy atom. The monoisotopic (exact) mass is 218 g/mol. The van der Waals surface area contributed by atoms with Crippen LogP contribution in [0.25, 0.3) is 0 Å². The summed E-state index contributed by atoms with van der Waals surface area (Å²) in [7, 11) is 0. The molecule has 0 rings (SSSR count).